The molecule has 2 aliphatic heterocycles. The molecular weight excluding hydrogens is 256 g/mol. The van der Waals surface area contributed by atoms with E-state index in [0.29, 0.717) is 29.9 Å². The van der Waals surface area contributed by atoms with Gasteiger partial charge in [0.15, 0.2) is 5.82 Å². The molecule has 6 heteroatoms. The third kappa shape index (κ3) is 2.37. The first-order chi connectivity index (χ1) is 9.67. The number of carbonyl (C=O) groups is 1. The summed E-state index contributed by atoms with van der Waals surface area (Å²) < 4.78 is 5.17. The molecule has 1 amide bonds. The number of ether oxygens (including phenoxy) is 1. The Labute approximate surface area is 118 Å². The smallest absolute Gasteiger partial charge is 0.220 e. The Balaban J connectivity index is 1.77. The van der Waals surface area contributed by atoms with Gasteiger partial charge in [0.25, 0.3) is 0 Å². The van der Waals surface area contributed by atoms with E-state index in [1.807, 2.05) is 6.07 Å². The SMILES string of the molecule is COc1ccc(N)c(N2CCC3NC(=O)CCC3C2)n1. The third-order valence-corrected chi connectivity index (χ3v) is 4.21. The number of anilines is 2. The van der Waals surface area contributed by atoms with E-state index < -0.39 is 0 Å². The number of fused-ring (bicyclic) bond motifs is 1. The molecule has 2 atom stereocenters. The van der Waals surface area contributed by atoms with Gasteiger partial charge in [-0.05, 0) is 24.8 Å². The Bertz CT molecular complexity index is 520. The summed E-state index contributed by atoms with van der Waals surface area (Å²) in [7, 11) is 1.60. The Hall–Kier alpha value is -1.98. The molecule has 3 N–H and O–H groups in total. The van der Waals surface area contributed by atoms with Gasteiger partial charge in [-0.15, -0.1) is 0 Å². The van der Waals surface area contributed by atoms with Gasteiger partial charge in [0.1, 0.15) is 0 Å². The average molecular weight is 276 g/mol. The number of nitrogens with two attached hydrogens (primary N) is 1. The van der Waals surface area contributed by atoms with Gasteiger partial charge in [-0.2, -0.15) is 4.98 Å². The van der Waals surface area contributed by atoms with Crippen molar-refractivity contribution in [2.45, 2.75) is 25.3 Å². The molecule has 0 aromatic carbocycles. The van der Waals surface area contributed by atoms with Crippen LogP contribution in [0.1, 0.15) is 19.3 Å². The van der Waals surface area contributed by atoms with E-state index >= 15 is 0 Å². The van der Waals surface area contributed by atoms with Gasteiger partial charge in [-0.25, -0.2) is 0 Å². The highest BCUT2D eigenvalue weighted by Gasteiger charge is 2.34. The monoisotopic (exact) mass is 276 g/mol. The van der Waals surface area contributed by atoms with Gasteiger partial charge in [-0.3, -0.25) is 4.79 Å². The summed E-state index contributed by atoms with van der Waals surface area (Å²) in [5.41, 5.74) is 6.71. The van der Waals surface area contributed by atoms with Crippen LogP contribution in [0.3, 0.4) is 0 Å². The first-order valence-electron chi connectivity index (χ1n) is 7.02. The predicted molar refractivity (Wildman–Crippen MR) is 76.7 cm³/mol. The van der Waals surface area contributed by atoms with Crippen molar-refractivity contribution in [3.63, 3.8) is 0 Å². The Morgan fingerprint density at radius 1 is 1.45 bits per heavy atom. The second-order valence-electron chi connectivity index (χ2n) is 5.47. The molecule has 0 radical (unpaired) electrons. The molecule has 0 saturated carbocycles. The topological polar surface area (TPSA) is 80.5 Å². The van der Waals surface area contributed by atoms with Crippen LogP contribution >= 0.6 is 0 Å². The summed E-state index contributed by atoms with van der Waals surface area (Å²) >= 11 is 0. The van der Waals surface area contributed by atoms with Crippen LogP contribution in [0.4, 0.5) is 11.5 Å². The van der Waals surface area contributed by atoms with Crippen LogP contribution in [-0.4, -0.2) is 37.1 Å². The third-order valence-electron chi connectivity index (χ3n) is 4.21. The van der Waals surface area contributed by atoms with Gasteiger partial charge >= 0.3 is 0 Å². The second kappa shape index (κ2) is 5.19. The maximum absolute atomic E-state index is 11.4. The maximum atomic E-state index is 11.4. The number of pyridine rings is 1. The van der Waals surface area contributed by atoms with Crippen LogP contribution in [0.5, 0.6) is 5.88 Å². The molecule has 2 unspecified atom stereocenters. The van der Waals surface area contributed by atoms with Crippen molar-refractivity contribution in [1.82, 2.24) is 10.3 Å². The lowest BCUT2D eigenvalue weighted by atomic mass is 9.85. The molecule has 20 heavy (non-hydrogen) atoms. The maximum Gasteiger partial charge on any atom is 0.220 e. The van der Waals surface area contributed by atoms with E-state index in [4.69, 9.17) is 10.5 Å². The molecule has 3 rings (SSSR count). The molecule has 108 valence electrons. The fraction of sp³-hybridized carbons (Fsp3) is 0.571. The summed E-state index contributed by atoms with van der Waals surface area (Å²) in [5.74, 6) is 2.03. The summed E-state index contributed by atoms with van der Waals surface area (Å²) in [4.78, 5) is 18.1. The molecular formula is C14H20N4O2. The minimum Gasteiger partial charge on any atom is -0.481 e. The minimum atomic E-state index is 0.179. The lowest BCUT2D eigenvalue weighted by Gasteiger charge is -2.42. The Morgan fingerprint density at radius 2 is 2.30 bits per heavy atom. The highest BCUT2D eigenvalue weighted by molar-refractivity contribution is 5.77. The number of amides is 1. The lowest BCUT2D eigenvalue weighted by Crippen LogP contribution is -2.54. The molecule has 0 spiro atoms. The number of hydrogen-bond donors (Lipinski definition) is 2. The van der Waals surface area contributed by atoms with Crippen molar-refractivity contribution in [1.29, 1.82) is 0 Å². The molecule has 2 saturated heterocycles. The zero-order valence-electron chi connectivity index (χ0n) is 11.6. The molecule has 2 fully saturated rings. The van der Waals surface area contributed by atoms with Gasteiger partial charge in [0, 0.05) is 31.6 Å². The fourth-order valence-corrected chi connectivity index (χ4v) is 3.11. The van der Waals surface area contributed by atoms with Crippen LogP contribution in [0, 0.1) is 5.92 Å². The van der Waals surface area contributed by atoms with Crippen molar-refractivity contribution < 1.29 is 9.53 Å². The minimum absolute atomic E-state index is 0.179. The summed E-state index contributed by atoms with van der Waals surface area (Å²) in [6.07, 6.45) is 2.50. The molecule has 2 aliphatic rings. The normalized spacial score (nSPS) is 25.9. The van der Waals surface area contributed by atoms with Crippen molar-refractivity contribution in [2.24, 2.45) is 5.92 Å². The molecule has 6 nitrogen and oxygen atoms in total. The number of carbonyl (C=O) groups excluding carboxylic acids is 1. The number of nitrogens with zero attached hydrogens (tertiary/aromatic N) is 2. The van der Waals surface area contributed by atoms with Crippen molar-refractivity contribution >= 4 is 17.4 Å². The predicted octanol–water partition coefficient (Wildman–Crippen LogP) is 0.777. The number of rotatable bonds is 2. The van der Waals surface area contributed by atoms with Crippen LogP contribution < -0.4 is 20.7 Å². The summed E-state index contributed by atoms with van der Waals surface area (Å²) in [6.45, 7) is 1.74. The molecule has 0 aliphatic carbocycles. The first-order valence-corrected chi connectivity index (χ1v) is 7.02. The highest BCUT2D eigenvalue weighted by Crippen LogP contribution is 2.31. The van der Waals surface area contributed by atoms with E-state index in [0.717, 1.165) is 31.7 Å². The Kier molecular flexibility index (Phi) is 3.38. The van der Waals surface area contributed by atoms with Crippen molar-refractivity contribution in [3.05, 3.63) is 12.1 Å². The summed E-state index contributed by atoms with van der Waals surface area (Å²) in [5, 5.41) is 3.09. The van der Waals surface area contributed by atoms with E-state index in [9.17, 15) is 4.79 Å². The highest BCUT2D eigenvalue weighted by atomic mass is 16.5. The summed E-state index contributed by atoms with van der Waals surface area (Å²) in [6, 6.07) is 3.90. The quantitative estimate of drug-likeness (QED) is 0.834. The van der Waals surface area contributed by atoms with Crippen molar-refractivity contribution in [2.75, 3.05) is 30.8 Å². The van der Waals surface area contributed by atoms with Crippen LogP contribution in [-0.2, 0) is 4.79 Å². The fourth-order valence-electron chi connectivity index (χ4n) is 3.11. The van der Waals surface area contributed by atoms with E-state index in [2.05, 4.69) is 15.2 Å². The molecule has 1 aromatic rings. The second-order valence-corrected chi connectivity index (χ2v) is 5.47. The molecule has 3 heterocycles. The number of hydrogen-bond acceptors (Lipinski definition) is 5. The van der Waals surface area contributed by atoms with Gasteiger partial charge in [-0.1, -0.05) is 0 Å². The number of aromatic nitrogens is 1. The number of methoxy groups -OCH3 is 1. The number of nitrogen functional groups attached to an aromatic ring is 1. The number of piperidine rings is 2. The molecule has 1 aromatic heterocycles. The lowest BCUT2D eigenvalue weighted by molar-refractivity contribution is -0.124. The largest absolute Gasteiger partial charge is 0.481 e. The van der Waals surface area contributed by atoms with Crippen LogP contribution in [0.15, 0.2) is 12.1 Å². The van der Waals surface area contributed by atoms with E-state index in [1.54, 1.807) is 13.2 Å². The van der Waals surface area contributed by atoms with E-state index in [1.165, 1.54) is 0 Å². The van der Waals surface area contributed by atoms with Crippen molar-refractivity contribution in [3.8, 4) is 5.88 Å². The number of nitrogens with one attached hydrogen (secondary N) is 1. The zero-order valence-corrected chi connectivity index (χ0v) is 11.6. The van der Waals surface area contributed by atoms with Gasteiger partial charge in [0.05, 0.1) is 12.8 Å². The Morgan fingerprint density at radius 3 is 3.10 bits per heavy atom. The van der Waals surface area contributed by atoms with E-state index in [-0.39, 0.29) is 5.91 Å². The zero-order chi connectivity index (χ0) is 14.1. The van der Waals surface area contributed by atoms with Gasteiger partial charge in [0.2, 0.25) is 11.8 Å². The standard InChI is InChI=1S/C14H20N4O2/c1-20-13-5-3-10(15)14(17-13)18-7-6-11-9(8-18)2-4-12(19)16-11/h3,5,9,11H,2,4,6-8,15H2,1H3,(H,16,19). The first kappa shape index (κ1) is 13.0. The van der Waals surface area contributed by atoms with Crippen LogP contribution in [0.25, 0.3) is 0 Å². The molecule has 0 bridgehead atoms. The van der Waals surface area contributed by atoms with Gasteiger partial charge < -0.3 is 20.7 Å². The average Bonchev–Trinajstić information content (AvgIpc) is 2.47. The van der Waals surface area contributed by atoms with Crippen LogP contribution in [0.2, 0.25) is 0 Å².